The van der Waals surface area contributed by atoms with Gasteiger partial charge in [0.25, 0.3) is 5.91 Å². The molecule has 8 heteroatoms. The summed E-state index contributed by atoms with van der Waals surface area (Å²) in [5, 5.41) is 17.5. The maximum atomic E-state index is 13.3. The highest BCUT2D eigenvalue weighted by molar-refractivity contribution is 7.09. The molecule has 31 heavy (non-hydrogen) atoms. The minimum absolute atomic E-state index is 0.215. The van der Waals surface area contributed by atoms with Gasteiger partial charge in [0.15, 0.2) is 0 Å². The van der Waals surface area contributed by atoms with Gasteiger partial charge in [0.2, 0.25) is 0 Å². The van der Waals surface area contributed by atoms with Gasteiger partial charge in [-0.05, 0) is 30.2 Å². The average molecular weight is 434 g/mol. The SMILES string of the molecule is O=C(N[C@]1(c2ccccc2)CCN(Cc2nccs2)C[C@H]1O)c1ccc2nc[nH]c2c1. The number of β-amino-alcohol motifs (C(OH)–C–C–N with tert-alkyl or cyclic N) is 1. The summed E-state index contributed by atoms with van der Waals surface area (Å²) >= 11 is 1.61. The lowest BCUT2D eigenvalue weighted by atomic mass is 9.78. The van der Waals surface area contributed by atoms with Crippen molar-refractivity contribution in [2.75, 3.05) is 13.1 Å². The summed E-state index contributed by atoms with van der Waals surface area (Å²) in [7, 11) is 0. The van der Waals surface area contributed by atoms with Crippen molar-refractivity contribution < 1.29 is 9.90 Å². The number of hydrogen-bond donors (Lipinski definition) is 3. The monoisotopic (exact) mass is 433 g/mol. The van der Waals surface area contributed by atoms with Crippen LogP contribution in [0, 0.1) is 0 Å². The fraction of sp³-hybridized carbons (Fsp3) is 0.261. The molecule has 0 bridgehead atoms. The number of piperidine rings is 1. The number of aromatic amines is 1. The number of thiazole rings is 1. The zero-order valence-electron chi connectivity index (χ0n) is 16.9. The molecule has 1 saturated heterocycles. The minimum Gasteiger partial charge on any atom is -0.389 e. The molecule has 2 aromatic heterocycles. The number of nitrogens with one attached hydrogen (secondary N) is 2. The first-order chi connectivity index (χ1) is 15.1. The van der Waals surface area contributed by atoms with E-state index in [2.05, 4.69) is 25.2 Å². The molecular formula is C23H23N5O2S. The normalized spacial score (nSPS) is 21.9. The van der Waals surface area contributed by atoms with Gasteiger partial charge in [0.05, 0.1) is 35.5 Å². The van der Waals surface area contributed by atoms with Crippen molar-refractivity contribution in [1.29, 1.82) is 0 Å². The number of rotatable bonds is 5. The molecule has 2 atom stereocenters. The quantitative estimate of drug-likeness (QED) is 0.450. The van der Waals surface area contributed by atoms with E-state index in [1.165, 1.54) is 0 Å². The van der Waals surface area contributed by atoms with Gasteiger partial charge < -0.3 is 15.4 Å². The number of H-pyrrole nitrogens is 1. The zero-order valence-corrected chi connectivity index (χ0v) is 17.7. The zero-order chi connectivity index (χ0) is 21.3. The second-order valence-corrected chi connectivity index (χ2v) is 8.83. The first kappa shape index (κ1) is 19.9. The molecule has 158 valence electrons. The summed E-state index contributed by atoms with van der Waals surface area (Å²) in [5.74, 6) is -0.215. The Kier molecular flexibility index (Phi) is 5.27. The molecule has 0 unspecified atom stereocenters. The van der Waals surface area contributed by atoms with E-state index in [1.807, 2.05) is 41.8 Å². The van der Waals surface area contributed by atoms with E-state index in [0.717, 1.165) is 28.1 Å². The number of fused-ring (bicyclic) bond motifs is 1. The van der Waals surface area contributed by atoms with Gasteiger partial charge in [-0.25, -0.2) is 9.97 Å². The van der Waals surface area contributed by atoms with Crippen molar-refractivity contribution in [2.45, 2.75) is 24.6 Å². The largest absolute Gasteiger partial charge is 0.389 e. The lowest BCUT2D eigenvalue weighted by Crippen LogP contribution is -2.61. The molecule has 1 aliphatic heterocycles. The van der Waals surface area contributed by atoms with E-state index < -0.39 is 11.6 Å². The van der Waals surface area contributed by atoms with Crippen LogP contribution >= 0.6 is 11.3 Å². The van der Waals surface area contributed by atoms with Crippen LogP contribution in [0.1, 0.15) is 27.3 Å². The molecule has 0 radical (unpaired) electrons. The molecule has 0 spiro atoms. The van der Waals surface area contributed by atoms with Crippen molar-refractivity contribution >= 4 is 28.3 Å². The number of aliphatic hydroxyl groups is 1. The summed E-state index contributed by atoms with van der Waals surface area (Å²) < 4.78 is 0. The molecular weight excluding hydrogens is 410 g/mol. The fourth-order valence-corrected chi connectivity index (χ4v) is 4.96. The Morgan fingerprint density at radius 2 is 2.13 bits per heavy atom. The third-order valence-electron chi connectivity index (χ3n) is 5.97. The first-order valence-electron chi connectivity index (χ1n) is 10.2. The van der Waals surface area contributed by atoms with E-state index in [0.29, 0.717) is 25.1 Å². The second kappa shape index (κ2) is 8.22. The number of hydrogen-bond acceptors (Lipinski definition) is 6. The van der Waals surface area contributed by atoms with Crippen molar-refractivity contribution in [3.63, 3.8) is 0 Å². The first-order valence-corrected chi connectivity index (χ1v) is 11.1. The molecule has 3 heterocycles. The number of carbonyl (C=O) groups is 1. The van der Waals surface area contributed by atoms with E-state index in [1.54, 1.807) is 36.0 Å². The van der Waals surface area contributed by atoms with Gasteiger partial charge in [-0.15, -0.1) is 11.3 Å². The van der Waals surface area contributed by atoms with E-state index >= 15 is 0 Å². The van der Waals surface area contributed by atoms with Crippen molar-refractivity contribution in [3.8, 4) is 0 Å². The molecule has 0 saturated carbocycles. The van der Waals surface area contributed by atoms with Gasteiger partial charge in [-0.1, -0.05) is 30.3 Å². The predicted molar refractivity (Wildman–Crippen MR) is 120 cm³/mol. The van der Waals surface area contributed by atoms with Gasteiger partial charge in [-0.2, -0.15) is 0 Å². The van der Waals surface area contributed by atoms with Crippen molar-refractivity contribution in [3.05, 3.63) is 82.6 Å². The van der Waals surface area contributed by atoms with Crippen LogP contribution in [-0.2, 0) is 12.1 Å². The molecule has 5 rings (SSSR count). The number of aromatic nitrogens is 3. The van der Waals surface area contributed by atoms with E-state index in [-0.39, 0.29) is 5.91 Å². The Hall–Kier alpha value is -3.07. The Morgan fingerprint density at radius 3 is 2.90 bits per heavy atom. The smallest absolute Gasteiger partial charge is 0.252 e. The van der Waals surface area contributed by atoms with Crippen LogP contribution in [-0.4, -0.2) is 50.1 Å². The molecule has 1 fully saturated rings. The lowest BCUT2D eigenvalue weighted by Gasteiger charge is -2.46. The summed E-state index contributed by atoms with van der Waals surface area (Å²) in [6.45, 7) is 1.89. The van der Waals surface area contributed by atoms with E-state index in [9.17, 15) is 9.90 Å². The molecule has 2 aromatic carbocycles. The highest BCUT2D eigenvalue weighted by Gasteiger charge is 2.45. The third-order valence-corrected chi connectivity index (χ3v) is 6.74. The maximum Gasteiger partial charge on any atom is 0.252 e. The summed E-state index contributed by atoms with van der Waals surface area (Å²) in [6.07, 6.45) is 3.25. The topological polar surface area (TPSA) is 94.1 Å². The number of aliphatic hydroxyl groups excluding tert-OH is 1. The second-order valence-electron chi connectivity index (χ2n) is 7.85. The molecule has 1 amide bonds. The molecule has 7 nitrogen and oxygen atoms in total. The lowest BCUT2D eigenvalue weighted by molar-refractivity contribution is -0.0181. The molecule has 1 aliphatic rings. The fourth-order valence-electron chi connectivity index (χ4n) is 4.30. The Bertz CT molecular complexity index is 1180. The highest BCUT2D eigenvalue weighted by Crippen LogP contribution is 2.34. The Morgan fingerprint density at radius 1 is 1.26 bits per heavy atom. The minimum atomic E-state index is -0.860. The molecule has 0 aliphatic carbocycles. The van der Waals surface area contributed by atoms with Gasteiger partial charge >= 0.3 is 0 Å². The number of carbonyl (C=O) groups excluding carboxylic acids is 1. The number of benzene rings is 2. The van der Waals surface area contributed by atoms with Gasteiger partial charge in [-0.3, -0.25) is 9.69 Å². The third kappa shape index (κ3) is 3.85. The predicted octanol–water partition coefficient (Wildman–Crippen LogP) is 2.91. The average Bonchev–Trinajstić information content (AvgIpc) is 3.47. The number of nitrogens with zero attached hydrogens (tertiary/aromatic N) is 3. The summed E-state index contributed by atoms with van der Waals surface area (Å²) in [4.78, 5) is 27.1. The Labute approximate surface area is 183 Å². The van der Waals surface area contributed by atoms with Crippen LogP contribution in [0.2, 0.25) is 0 Å². The van der Waals surface area contributed by atoms with Crippen LogP contribution in [0.15, 0.2) is 66.4 Å². The maximum absolute atomic E-state index is 13.3. The highest BCUT2D eigenvalue weighted by atomic mass is 32.1. The van der Waals surface area contributed by atoms with Crippen LogP contribution in [0.25, 0.3) is 11.0 Å². The van der Waals surface area contributed by atoms with Crippen LogP contribution in [0.5, 0.6) is 0 Å². The van der Waals surface area contributed by atoms with Crippen LogP contribution in [0.4, 0.5) is 0 Å². The van der Waals surface area contributed by atoms with Crippen LogP contribution < -0.4 is 5.32 Å². The number of amides is 1. The number of imidazole rings is 1. The van der Waals surface area contributed by atoms with Crippen molar-refractivity contribution in [1.82, 2.24) is 25.2 Å². The molecule has 4 aromatic rings. The van der Waals surface area contributed by atoms with Gasteiger partial charge in [0, 0.05) is 30.2 Å². The van der Waals surface area contributed by atoms with Crippen LogP contribution in [0.3, 0.4) is 0 Å². The number of likely N-dealkylation sites (tertiary alicyclic amines) is 1. The summed E-state index contributed by atoms with van der Waals surface area (Å²) in [5.41, 5.74) is 2.20. The standard InChI is InChI=1S/C23H23N5O2S/c29-20-13-28(14-21-24-9-11-31-21)10-8-23(20,17-4-2-1-3-5-17)27-22(30)16-6-7-18-19(12-16)26-15-25-18/h1-7,9,11-12,15,20,29H,8,10,13-14H2,(H,25,26)(H,27,30)/t20-,23+/m1/s1. The van der Waals surface area contributed by atoms with E-state index in [4.69, 9.17) is 0 Å². The molecule has 3 N–H and O–H groups in total. The Balaban J connectivity index is 1.42. The van der Waals surface area contributed by atoms with Gasteiger partial charge in [0.1, 0.15) is 5.01 Å². The van der Waals surface area contributed by atoms with Crippen molar-refractivity contribution in [2.24, 2.45) is 0 Å². The summed E-state index contributed by atoms with van der Waals surface area (Å²) in [6, 6.07) is 15.1.